The third kappa shape index (κ3) is 3.96. The van der Waals surface area contributed by atoms with E-state index in [1.807, 2.05) is 17.2 Å². The summed E-state index contributed by atoms with van der Waals surface area (Å²) in [6, 6.07) is 1.47. The molecule has 4 heterocycles. The smallest absolute Gasteiger partial charge is 0.251 e. The van der Waals surface area contributed by atoms with Crippen molar-refractivity contribution < 1.29 is 4.79 Å². The Kier molecular flexibility index (Phi) is 5.36. The van der Waals surface area contributed by atoms with Gasteiger partial charge in [-0.1, -0.05) is 0 Å². The molecular weight excluding hydrogens is 362 g/mol. The maximum absolute atomic E-state index is 12.8. The standard InChI is InChI=1S/C19H25N5O2S/c1-13(23-7-2-3-8-23)19(26)24-9-4-14(5-10-24)17-21-15(12-16(25)22-17)18-20-6-11-27-18/h6,11-14H,2-5,7-10H2,1H3,(H,21,22,25)/t13-/m1/s1. The fourth-order valence-corrected chi connectivity index (χ4v) is 4.65. The first-order valence-electron chi connectivity index (χ1n) is 9.66. The van der Waals surface area contributed by atoms with E-state index in [0.717, 1.165) is 30.9 Å². The van der Waals surface area contributed by atoms with Gasteiger partial charge in [0.05, 0.1) is 6.04 Å². The molecule has 2 aromatic rings. The zero-order valence-electron chi connectivity index (χ0n) is 15.6. The van der Waals surface area contributed by atoms with E-state index in [9.17, 15) is 9.59 Å². The van der Waals surface area contributed by atoms with Gasteiger partial charge in [0.1, 0.15) is 16.5 Å². The molecule has 8 heteroatoms. The van der Waals surface area contributed by atoms with E-state index in [1.54, 1.807) is 6.20 Å². The third-order valence-corrected chi connectivity index (χ3v) is 6.45. The van der Waals surface area contributed by atoms with Crippen molar-refractivity contribution in [2.24, 2.45) is 0 Å². The summed E-state index contributed by atoms with van der Waals surface area (Å²) in [7, 11) is 0. The van der Waals surface area contributed by atoms with Gasteiger partial charge in [0.2, 0.25) is 5.91 Å². The largest absolute Gasteiger partial charge is 0.341 e. The Hall–Kier alpha value is -2.06. The Labute approximate surface area is 162 Å². The van der Waals surface area contributed by atoms with Gasteiger partial charge in [-0.3, -0.25) is 14.5 Å². The fourth-order valence-electron chi connectivity index (χ4n) is 4.05. The molecule has 1 N–H and O–H groups in total. The molecule has 0 unspecified atom stereocenters. The lowest BCUT2D eigenvalue weighted by atomic mass is 9.95. The predicted molar refractivity (Wildman–Crippen MR) is 105 cm³/mol. The lowest BCUT2D eigenvalue weighted by Gasteiger charge is -2.35. The van der Waals surface area contributed by atoms with Crippen LogP contribution >= 0.6 is 11.3 Å². The first-order valence-corrected chi connectivity index (χ1v) is 10.5. The number of hydrogen-bond donors (Lipinski definition) is 1. The van der Waals surface area contributed by atoms with Gasteiger partial charge in [-0.25, -0.2) is 9.97 Å². The van der Waals surface area contributed by atoms with Crippen molar-refractivity contribution in [3.8, 4) is 10.7 Å². The molecule has 2 aromatic heterocycles. The van der Waals surface area contributed by atoms with Crippen LogP contribution in [0.3, 0.4) is 0 Å². The van der Waals surface area contributed by atoms with Crippen LogP contribution in [0, 0.1) is 0 Å². The summed E-state index contributed by atoms with van der Waals surface area (Å²) in [4.78, 5) is 40.9. The highest BCUT2D eigenvalue weighted by Crippen LogP contribution is 2.27. The third-order valence-electron chi connectivity index (χ3n) is 5.65. The second kappa shape index (κ2) is 7.90. The molecule has 0 bridgehead atoms. The Morgan fingerprint density at radius 3 is 2.67 bits per heavy atom. The van der Waals surface area contributed by atoms with Gasteiger partial charge < -0.3 is 9.88 Å². The van der Waals surface area contributed by atoms with E-state index in [4.69, 9.17) is 0 Å². The highest BCUT2D eigenvalue weighted by atomic mass is 32.1. The molecule has 1 atom stereocenters. The van der Waals surface area contributed by atoms with Gasteiger partial charge in [0, 0.05) is 36.7 Å². The fraction of sp³-hybridized carbons (Fsp3) is 0.579. The summed E-state index contributed by atoms with van der Waals surface area (Å²) in [5.74, 6) is 1.12. The molecule has 0 saturated carbocycles. The highest BCUT2D eigenvalue weighted by Gasteiger charge is 2.31. The molecule has 4 rings (SSSR count). The molecule has 1 amide bonds. The van der Waals surface area contributed by atoms with Crippen molar-refractivity contribution in [2.75, 3.05) is 26.2 Å². The van der Waals surface area contributed by atoms with Crippen LogP contribution < -0.4 is 5.56 Å². The SMILES string of the molecule is C[C@H](C(=O)N1CCC(c2nc(-c3nccs3)cc(=O)[nH]2)CC1)N1CCCC1. The van der Waals surface area contributed by atoms with Gasteiger partial charge in [-0.2, -0.15) is 0 Å². The average molecular weight is 388 g/mol. The molecule has 0 aromatic carbocycles. The van der Waals surface area contributed by atoms with Gasteiger partial charge in [-0.15, -0.1) is 11.3 Å². The number of likely N-dealkylation sites (tertiary alicyclic amines) is 2. The quantitative estimate of drug-likeness (QED) is 0.869. The molecule has 27 heavy (non-hydrogen) atoms. The minimum atomic E-state index is -0.147. The molecule has 2 saturated heterocycles. The number of thiazole rings is 1. The number of H-pyrrole nitrogens is 1. The van der Waals surface area contributed by atoms with Crippen molar-refractivity contribution in [3.63, 3.8) is 0 Å². The molecule has 2 fully saturated rings. The number of hydrogen-bond acceptors (Lipinski definition) is 6. The minimum Gasteiger partial charge on any atom is -0.341 e. The molecule has 7 nitrogen and oxygen atoms in total. The number of nitrogens with zero attached hydrogens (tertiary/aromatic N) is 4. The van der Waals surface area contributed by atoms with Crippen LogP contribution in [0.1, 0.15) is 44.3 Å². The van der Waals surface area contributed by atoms with Crippen LogP contribution in [-0.4, -0.2) is 62.9 Å². The van der Waals surface area contributed by atoms with E-state index in [2.05, 4.69) is 19.9 Å². The van der Waals surface area contributed by atoms with Gasteiger partial charge in [-0.05, 0) is 45.7 Å². The molecule has 0 aliphatic carbocycles. The number of nitrogens with one attached hydrogen (secondary N) is 1. The van der Waals surface area contributed by atoms with Crippen LogP contribution in [0.4, 0.5) is 0 Å². The molecule has 144 valence electrons. The molecule has 0 radical (unpaired) electrons. The number of aromatic amines is 1. The van der Waals surface area contributed by atoms with E-state index in [0.29, 0.717) is 24.6 Å². The number of piperidine rings is 1. The minimum absolute atomic E-state index is 0.0322. The molecular formula is C19H25N5O2S. The van der Waals surface area contributed by atoms with E-state index >= 15 is 0 Å². The molecule has 0 spiro atoms. The molecule has 2 aliphatic heterocycles. The Morgan fingerprint density at radius 1 is 1.26 bits per heavy atom. The lowest BCUT2D eigenvalue weighted by molar-refractivity contribution is -0.137. The number of rotatable bonds is 4. The monoisotopic (exact) mass is 387 g/mol. The van der Waals surface area contributed by atoms with Crippen molar-refractivity contribution in [2.45, 2.75) is 44.6 Å². The Bertz CT molecular complexity index is 836. The summed E-state index contributed by atoms with van der Waals surface area (Å²) in [6.07, 6.45) is 5.74. The van der Waals surface area contributed by atoms with Gasteiger partial charge in [0.25, 0.3) is 5.56 Å². The van der Waals surface area contributed by atoms with Crippen LogP contribution in [0.2, 0.25) is 0 Å². The van der Waals surface area contributed by atoms with E-state index < -0.39 is 0 Å². The number of carbonyl (C=O) groups excluding carboxylic acids is 1. The van der Waals surface area contributed by atoms with E-state index in [1.165, 1.54) is 30.2 Å². The zero-order valence-corrected chi connectivity index (χ0v) is 16.4. The number of carbonyl (C=O) groups is 1. The summed E-state index contributed by atoms with van der Waals surface area (Å²) in [5.41, 5.74) is 0.483. The van der Waals surface area contributed by atoms with Crippen LogP contribution in [-0.2, 0) is 4.79 Å². The maximum atomic E-state index is 12.8. The average Bonchev–Trinajstić information content (AvgIpc) is 3.40. The van der Waals surface area contributed by atoms with Crippen molar-refractivity contribution >= 4 is 17.2 Å². The Balaban J connectivity index is 1.42. The summed E-state index contributed by atoms with van der Waals surface area (Å²) >= 11 is 1.48. The summed E-state index contributed by atoms with van der Waals surface area (Å²) in [5, 5.41) is 2.64. The number of amides is 1. The lowest BCUT2D eigenvalue weighted by Crippen LogP contribution is -2.48. The maximum Gasteiger partial charge on any atom is 0.251 e. The van der Waals surface area contributed by atoms with Crippen molar-refractivity contribution in [1.82, 2.24) is 24.8 Å². The van der Waals surface area contributed by atoms with Crippen LogP contribution in [0.5, 0.6) is 0 Å². The topological polar surface area (TPSA) is 82.2 Å². The summed E-state index contributed by atoms with van der Waals surface area (Å²) < 4.78 is 0. The number of aromatic nitrogens is 3. The Morgan fingerprint density at radius 2 is 2.00 bits per heavy atom. The van der Waals surface area contributed by atoms with Crippen molar-refractivity contribution in [1.29, 1.82) is 0 Å². The predicted octanol–water partition coefficient (Wildman–Crippen LogP) is 2.08. The second-order valence-electron chi connectivity index (χ2n) is 7.37. The van der Waals surface area contributed by atoms with Gasteiger partial charge in [0.15, 0.2) is 0 Å². The zero-order chi connectivity index (χ0) is 18.8. The van der Waals surface area contributed by atoms with Crippen LogP contribution in [0.25, 0.3) is 10.7 Å². The first-order chi connectivity index (χ1) is 13.1. The van der Waals surface area contributed by atoms with Crippen molar-refractivity contribution in [3.05, 3.63) is 33.8 Å². The van der Waals surface area contributed by atoms with Gasteiger partial charge >= 0.3 is 0 Å². The highest BCUT2D eigenvalue weighted by molar-refractivity contribution is 7.13. The van der Waals surface area contributed by atoms with E-state index in [-0.39, 0.29) is 23.4 Å². The van der Waals surface area contributed by atoms with Crippen LogP contribution in [0.15, 0.2) is 22.4 Å². The molecule has 2 aliphatic rings. The second-order valence-corrected chi connectivity index (χ2v) is 8.27. The normalized spacial score (nSPS) is 20.1. The first kappa shape index (κ1) is 18.3. The summed E-state index contributed by atoms with van der Waals surface area (Å²) in [6.45, 7) is 5.51.